The van der Waals surface area contributed by atoms with Crippen molar-refractivity contribution in [3.63, 3.8) is 0 Å². The Labute approximate surface area is 356 Å². The van der Waals surface area contributed by atoms with Crippen molar-refractivity contribution in [2.24, 2.45) is 14.1 Å². The van der Waals surface area contributed by atoms with Crippen molar-refractivity contribution in [2.75, 3.05) is 21.3 Å². The summed E-state index contributed by atoms with van der Waals surface area (Å²) in [7, 11) is -16.7. The summed E-state index contributed by atoms with van der Waals surface area (Å²) in [6.45, 7) is 0. The summed E-state index contributed by atoms with van der Waals surface area (Å²) in [6.07, 6.45) is 2.79. The van der Waals surface area contributed by atoms with Gasteiger partial charge in [-0.05, 0) is 71.4 Å². The second-order valence-electron chi connectivity index (χ2n) is 12.6. The van der Waals surface area contributed by atoms with Gasteiger partial charge in [0, 0.05) is 78.2 Å². The molecular weight excluding hydrogens is 872 g/mol. The Morgan fingerprint density at radius 3 is 1.15 bits per heavy atom. The SMILES string of the molecule is Cn1cc(NC(=O)Nc2cc(C(=O)Nc3ccc4cc(S(=O)(=O)O)cc(S(=O)(=O)O)c4c3)n(C)c2)cc1C(=O)Nc1ccc2cc(S(=O)(=O)O)cc(S(=O)(=O)O)c2c1.[Na]. The van der Waals surface area contributed by atoms with Crippen LogP contribution in [0.2, 0.25) is 0 Å². The fourth-order valence-corrected chi connectivity index (χ4v) is 8.57. The Bertz CT molecular complexity index is 3010. The van der Waals surface area contributed by atoms with Crippen LogP contribution < -0.4 is 21.3 Å². The van der Waals surface area contributed by atoms with E-state index >= 15 is 0 Å². The third kappa shape index (κ3) is 9.99. The molecule has 6 aromatic rings. The summed E-state index contributed by atoms with van der Waals surface area (Å²) >= 11 is 0. The smallest absolute Gasteiger partial charge is 0.323 e. The Morgan fingerprint density at radius 1 is 0.475 bits per heavy atom. The van der Waals surface area contributed by atoms with E-state index in [1.807, 2.05) is 0 Å². The molecule has 8 N–H and O–H groups in total. The average molecular weight is 900 g/mol. The standard InChI is InChI=1S/C33H28N6O15S4.Na/c1-38-15-21(11-27(38)31(40)34-19-5-3-17-7-23(55(43,44)45)13-29(25(17)9-19)57(49,50)51)36-33(42)37-22-12-28(39(2)16-22)32(41)35-20-6-4-18-8-24(56(46,47)48)14-30(26(18)10-20)58(52,53)54;/h3-16H,1-2H3,(H,34,40)(H,35,41)(H2,36,37,42)(H,43,44,45)(H,46,47,48)(H,49,50,51)(H,52,53,54);. The van der Waals surface area contributed by atoms with E-state index < -0.39 is 77.9 Å². The van der Waals surface area contributed by atoms with Gasteiger partial charge in [-0.2, -0.15) is 33.7 Å². The van der Waals surface area contributed by atoms with Crippen LogP contribution in [0.15, 0.2) is 105 Å². The Morgan fingerprint density at radius 2 is 0.831 bits per heavy atom. The minimum absolute atomic E-state index is 0. The second-order valence-corrected chi connectivity index (χ2v) is 18.2. The number of anilines is 4. The summed E-state index contributed by atoms with van der Waals surface area (Å²) in [5.74, 6) is -1.44. The van der Waals surface area contributed by atoms with Gasteiger partial charge in [0.2, 0.25) is 0 Å². The van der Waals surface area contributed by atoms with Crippen LogP contribution in [-0.4, -0.2) is 108 Å². The molecule has 6 rings (SSSR count). The average Bonchev–Trinajstić information content (AvgIpc) is 3.65. The predicted octanol–water partition coefficient (Wildman–Crippen LogP) is 3.42. The molecule has 305 valence electrons. The van der Waals surface area contributed by atoms with Gasteiger partial charge in [-0.1, -0.05) is 12.1 Å². The number of carbonyl (C=O) groups is 3. The van der Waals surface area contributed by atoms with Crippen molar-refractivity contribution in [1.29, 1.82) is 0 Å². The minimum atomic E-state index is -4.99. The first-order valence-corrected chi connectivity index (χ1v) is 21.6. The van der Waals surface area contributed by atoms with Gasteiger partial charge in [0.25, 0.3) is 52.3 Å². The number of hydrogen-bond donors (Lipinski definition) is 8. The van der Waals surface area contributed by atoms with Crippen molar-refractivity contribution in [3.8, 4) is 0 Å². The van der Waals surface area contributed by atoms with Crippen LogP contribution in [0.4, 0.5) is 27.5 Å². The number of aromatic nitrogens is 2. The van der Waals surface area contributed by atoms with Crippen LogP contribution in [0.3, 0.4) is 0 Å². The van der Waals surface area contributed by atoms with Crippen molar-refractivity contribution in [2.45, 2.75) is 19.6 Å². The molecule has 0 fully saturated rings. The van der Waals surface area contributed by atoms with Gasteiger partial charge >= 0.3 is 6.03 Å². The number of rotatable bonds is 10. The van der Waals surface area contributed by atoms with Crippen LogP contribution in [0.1, 0.15) is 21.0 Å². The molecule has 0 aliphatic rings. The van der Waals surface area contributed by atoms with E-state index in [0.29, 0.717) is 12.1 Å². The first-order chi connectivity index (χ1) is 26.8. The van der Waals surface area contributed by atoms with E-state index in [4.69, 9.17) is 0 Å². The number of benzene rings is 4. The summed E-state index contributed by atoms with van der Waals surface area (Å²) in [5, 5.41) is 9.83. The molecule has 0 aliphatic heterocycles. The van der Waals surface area contributed by atoms with Crippen molar-refractivity contribution < 1.29 is 66.3 Å². The zero-order valence-corrected chi connectivity index (χ0v) is 35.7. The Kier molecular flexibility index (Phi) is 12.3. The third-order valence-corrected chi connectivity index (χ3v) is 11.9. The van der Waals surface area contributed by atoms with Gasteiger partial charge in [-0.25, -0.2) is 4.79 Å². The molecule has 26 heteroatoms. The van der Waals surface area contributed by atoms with Crippen molar-refractivity contribution in [1.82, 2.24) is 9.13 Å². The van der Waals surface area contributed by atoms with Crippen molar-refractivity contribution >= 4 is 132 Å². The maximum absolute atomic E-state index is 13.2. The number of fused-ring (bicyclic) bond motifs is 2. The number of nitrogens with zero attached hydrogens (tertiary/aromatic N) is 2. The Hall–Kier alpha value is -5.19. The van der Waals surface area contributed by atoms with Crippen LogP contribution in [0, 0.1) is 0 Å². The topological polar surface area (TPSA) is 327 Å². The fourth-order valence-electron chi connectivity index (χ4n) is 5.88. The van der Waals surface area contributed by atoms with Gasteiger partial charge in [-0.3, -0.25) is 27.8 Å². The summed E-state index contributed by atoms with van der Waals surface area (Å²) < 4.78 is 136. The number of carbonyl (C=O) groups excluding carboxylic acids is 3. The van der Waals surface area contributed by atoms with Gasteiger partial charge in [0.15, 0.2) is 0 Å². The quantitative estimate of drug-likeness (QED) is 0.0721. The predicted molar refractivity (Wildman–Crippen MR) is 212 cm³/mol. The molecule has 0 bridgehead atoms. The van der Waals surface area contributed by atoms with Crippen LogP contribution in [0.25, 0.3) is 21.5 Å². The molecule has 0 spiro atoms. The molecule has 0 atom stereocenters. The van der Waals surface area contributed by atoms with E-state index in [0.717, 1.165) is 12.1 Å². The first kappa shape index (κ1) is 44.9. The molecule has 2 heterocycles. The maximum Gasteiger partial charge on any atom is 0.323 e. The van der Waals surface area contributed by atoms with Crippen LogP contribution >= 0.6 is 0 Å². The summed E-state index contributed by atoms with van der Waals surface area (Å²) in [6, 6.07) is 12.4. The van der Waals surface area contributed by atoms with Gasteiger partial charge < -0.3 is 30.4 Å². The van der Waals surface area contributed by atoms with E-state index in [9.17, 15) is 66.3 Å². The third-order valence-electron chi connectivity index (χ3n) is 8.44. The van der Waals surface area contributed by atoms with Gasteiger partial charge in [0.1, 0.15) is 21.2 Å². The number of hydrogen-bond acceptors (Lipinski definition) is 11. The molecule has 21 nitrogen and oxygen atoms in total. The summed E-state index contributed by atoms with van der Waals surface area (Å²) in [5.41, 5.74) is 0.403. The summed E-state index contributed by atoms with van der Waals surface area (Å²) in [4.78, 5) is 36.1. The molecule has 0 saturated heterocycles. The molecule has 0 unspecified atom stereocenters. The Balaban J connectivity index is 0.00000661. The molecule has 4 amide bonds. The molecule has 0 saturated carbocycles. The zero-order chi connectivity index (χ0) is 42.7. The first-order valence-electron chi connectivity index (χ1n) is 15.9. The van der Waals surface area contributed by atoms with E-state index in [-0.39, 0.29) is 85.2 Å². The molecule has 1 radical (unpaired) electrons. The zero-order valence-electron chi connectivity index (χ0n) is 30.4. The normalized spacial score (nSPS) is 12.2. The minimum Gasteiger partial charge on any atom is -0.344 e. The fraction of sp³-hybridized carbons (Fsp3) is 0.0606. The molecule has 4 aromatic carbocycles. The van der Waals surface area contributed by atoms with E-state index in [1.165, 1.54) is 84.2 Å². The maximum atomic E-state index is 13.2. The van der Waals surface area contributed by atoms with Gasteiger partial charge in [0.05, 0.1) is 21.2 Å². The molecule has 0 aliphatic carbocycles. The van der Waals surface area contributed by atoms with Crippen LogP contribution in [-0.2, 0) is 54.6 Å². The number of aryl methyl sites for hydroxylation is 2. The number of urea groups is 1. The molecular formula is C33H28N6NaO15S4. The van der Waals surface area contributed by atoms with Crippen molar-refractivity contribution in [3.05, 3.63) is 96.6 Å². The van der Waals surface area contributed by atoms with E-state index in [1.54, 1.807) is 0 Å². The molecule has 59 heavy (non-hydrogen) atoms. The largest absolute Gasteiger partial charge is 0.344 e. The van der Waals surface area contributed by atoms with Crippen LogP contribution in [0.5, 0.6) is 0 Å². The second kappa shape index (κ2) is 16.1. The van der Waals surface area contributed by atoms with E-state index in [2.05, 4.69) is 21.3 Å². The number of nitrogens with one attached hydrogen (secondary N) is 4. The van der Waals surface area contributed by atoms with Gasteiger partial charge in [-0.15, -0.1) is 0 Å². The monoisotopic (exact) mass is 899 g/mol. The molecule has 2 aromatic heterocycles. The number of amides is 4.